The number of carboxylic acid groups (broad SMARTS) is 1. The Morgan fingerprint density at radius 3 is 2.57 bits per heavy atom. The van der Waals surface area contributed by atoms with Crippen LogP contribution in [0.2, 0.25) is 0 Å². The van der Waals surface area contributed by atoms with Crippen molar-refractivity contribution in [3.8, 4) is 0 Å². The Morgan fingerprint density at radius 1 is 1.52 bits per heavy atom. The molecule has 0 atom stereocenters. The van der Waals surface area contributed by atoms with Gasteiger partial charge < -0.3 is 5.11 Å². The highest BCUT2D eigenvalue weighted by Crippen LogP contribution is 2.35. The summed E-state index contributed by atoms with van der Waals surface area (Å²) in [6, 6.07) is 0. The summed E-state index contributed by atoms with van der Waals surface area (Å²) in [4.78, 5) is 15.6. The standard InChI is InChI=1S/C13H20N2O4S2/c1-3-10-4-6-13(7-5-10,12(16)17)15-21(18,19)11-8-14-9(2)20-11/h8,10,15H,3-7H2,1-2H3,(H,16,17). The Balaban J connectivity index is 2.23. The zero-order valence-corrected chi connectivity index (χ0v) is 13.8. The second-order valence-corrected chi connectivity index (χ2v) is 8.69. The molecule has 0 radical (unpaired) electrons. The van der Waals surface area contributed by atoms with Crippen molar-refractivity contribution in [2.75, 3.05) is 0 Å². The van der Waals surface area contributed by atoms with Crippen LogP contribution >= 0.6 is 11.3 Å². The number of rotatable bonds is 5. The maximum atomic E-state index is 12.4. The van der Waals surface area contributed by atoms with E-state index in [1.54, 1.807) is 6.92 Å². The van der Waals surface area contributed by atoms with Gasteiger partial charge in [-0.3, -0.25) is 4.79 Å². The molecule has 1 aromatic heterocycles. The summed E-state index contributed by atoms with van der Waals surface area (Å²) in [7, 11) is -3.84. The van der Waals surface area contributed by atoms with Crippen LogP contribution in [0, 0.1) is 12.8 Å². The van der Waals surface area contributed by atoms with Gasteiger partial charge in [-0.1, -0.05) is 13.3 Å². The third-order valence-electron chi connectivity index (χ3n) is 4.14. The molecule has 1 aliphatic rings. The number of aliphatic carboxylic acids is 1. The number of carboxylic acids is 1. The molecule has 0 bridgehead atoms. The second-order valence-electron chi connectivity index (χ2n) is 5.54. The van der Waals surface area contributed by atoms with Gasteiger partial charge in [0.1, 0.15) is 5.54 Å². The molecule has 0 unspecified atom stereocenters. The maximum absolute atomic E-state index is 12.4. The van der Waals surface area contributed by atoms with Gasteiger partial charge in [0.25, 0.3) is 10.0 Å². The first-order valence-electron chi connectivity index (χ1n) is 6.99. The minimum atomic E-state index is -3.84. The van der Waals surface area contributed by atoms with Crippen molar-refractivity contribution in [3.63, 3.8) is 0 Å². The summed E-state index contributed by atoms with van der Waals surface area (Å²) in [5, 5.41) is 10.2. The monoisotopic (exact) mass is 332 g/mol. The van der Waals surface area contributed by atoms with E-state index in [2.05, 4.69) is 16.6 Å². The minimum absolute atomic E-state index is 0.0678. The minimum Gasteiger partial charge on any atom is -0.480 e. The average Bonchev–Trinajstić information content (AvgIpc) is 2.86. The van der Waals surface area contributed by atoms with Crippen LogP contribution in [0.25, 0.3) is 0 Å². The van der Waals surface area contributed by atoms with Gasteiger partial charge in [0.05, 0.1) is 11.2 Å². The van der Waals surface area contributed by atoms with Crippen molar-refractivity contribution < 1.29 is 18.3 Å². The maximum Gasteiger partial charge on any atom is 0.324 e. The molecule has 0 saturated heterocycles. The first-order valence-corrected chi connectivity index (χ1v) is 9.29. The first-order chi connectivity index (χ1) is 9.79. The highest BCUT2D eigenvalue weighted by Gasteiger charge is 2.45. The molecule has 2 N–H and O–H groups in total. The van der Waals surface area contributed by atoms with Crippen LogP contribution in [0.15, 0.2) is 10.4 Å². The van der Waals surface area contributed by atoms with E-state index in [1.165, 1.54) is 6.20 Å². The molecule has 6 nitrogen and oxygen atoms in total. The van der Waals surface area contributed by atoms with Crippen LogP contribution < -0.4 is 4.72 Å². The molecule has 0 spiro atoms. The van der Waals surface area contributed by atoms with Gasteiger partial charge >= 0.3 is 5.97 Å². The number of sulfonamides is 1. The number of aromatic nitrogens is 1. The molecule has 8 heteroatoms. The molecule has 1 aliphatic carbocycles. The normalized spacial score (nSPS) is 26.7. The van der Waals surface area contributed by atoms with Crippen molar-refractivity contribution >= 4 is 27.3 Å². The summed E-state index contributed by atoms with van der Waals surface area (Å²) in [6.07, 6.45) is 4.39. The lowest BCUT2D eigenvalue weighted by Crippen LogP contribution is -2.56. The zero-order chi connectivity index (χ0) is 15.7. The Labute approximate surface area is 128 Å². The molecule has 1 heterocycles. The predicted molar refractivity (Wildman–Crippen MR) is 79.8 cm³/mol. The van der Waals surface area contributed by atoms with Crippen molar-refractivity contribution in [3.05, 3.63) is 11.2 Å². The summed E-state index contributed by atoms with van der Waals surface area (Å²) in [5.41, 5.74) is -1.39. The van der Waals surface area contributed by atoms with E-state index in [-0.39, 0.29) is 4.21 Å². The zero-order valence-electron chi connectivity index (χ0n) is 12.1. The van der Waals surface area contributed by atoms with E-state index in [0.717, 1.165) is 30.6 Å². The molecule has 118 valence electrons. The molecule has 1 aromatic rings. The van der Waals surface area contributed by atoms with Gasteiger partial charge in [-0.25, -0.2) is 13.4 Å². The molecule has 0 aromatic carbocycles. The average molecular weight is 332 g/mol. The smallest absolute Gasteiger partial charge is 0.324 e. The van der Waals surface area contributed by atoms with E-state index in [1.807, 2.05) is 0 Å². The van der Waals surface area contributed by atoms with Crippen molar-refractivity contribution in [1.29, 1.82) is 0 Å². The van der Waals surface area contributed by atoms with Gasteiger partial charge in [0.15, 0.2) is 4.21 Å². The van der Waals surface area contributed by atoms with E-state index < -0.39 is 21.5 Å². The quantitative estimate of drug-likeness (QED) is 0.861. The van der Waals surface area contributed by atoms with Crippen molar-refractivity contribution in [2.45, 2.75) is 55.7 Å². The van der Waals surface area contributed by atoms with E-state index >= 15 is 0 Å². The summed E-state index contributed by atoms with van der Waals surface area (Å²) in [6.45, 7) is 3.78. The molecule has 0 aliphatic heterocycles. The highest BCUT2D eigenvalue weighted by atomic mass is 32.2. The lowest BCUT2D eigenvalue weighted by molar-refractivity contribution is -0.145. The molecule has 0 amide bonds. The highest BCUT2D eigenvalue weighted by molar-refractivity contribution is 7.91. The molecule has 2 rings (SSSR count). The number of aryl methyl sites for hydroxylation is 1. The SMILES string of the molecule is CCC1CCC(NS(=O)(=O)c2cnc(C)s2)(C(=O)O)CC1. The fraction of sp³-hybridized carbons (Fsp3) is 0.692. The van der Waals surface area contributed by atoms with Crippen molar-refractivity contribution in [1.82, 2.24) is 9.71 Å². The Bertz CT molecular complexity index is 616. The largest absolute Gasteiger partial charge is 0.480 e. The lowest BCUT2D eigenvalue weighted by atomic mass is 9.76. The number of hydrogen-bond acceptors (Lipinski definition) is 5. The van der Waals surface area contributed by atoms with E-state index in [9.17, 15) is 18.3 Å². The fourth-order valence-corrected chi connectivity index (χ4v) is 5.24. The molecular weight excluding hydrogens is 312 g/mol. The Kier molecular flexibility index (Phi) is 4.69. The first kappa shape index (κ1) is 16.4. The molecular formula is C13H20N2O4S2. The molecule has 1 saturated carbocycles. The summed E-state index contributed by atoms with van der Waals surface area (Å²) < 4.78 is 27.2. The second kappa shape index (κ2) is 6.02. The summed E-state index contributed by atoms with van der Waals surface area (Å²) >= 11 is 1.04. The van der Waals surface area contributed by atoms with Gasteiger partial charge in [0.2, 0.25) is 0 Å². The number of thiazole rings is 1. The van der Waals surface area contributed by atoms with Gasteiger partial charge in [-0.15, -0.1) is 11.3 Å². The number of hydrogen-bond donors (Lipinski definition) is 2. The third kappa shape index (κ3) is 3.44. The van der Waals surface area contributed by atoms with Crippen LogP contribution in [0.3, 0.4) is 0 Å². The topological polar surface area (TPSA) is 96.4 Å². The van der Waals surface area contributed by atoms with Gasteiger partial charge in [0, 0.05) is 0 Å². The molecule has 21 heavy (non-hydrogen) atoms. The lowest BCUT2D eigenvalue weighted by Gasteiger charge is -2.36. The van der Waals surface area contributed by atoms with Gasteiger partial charge in [-0.05, 0) is 38.5 Å². The third-order valence-corrected chi connectivity index (χ3v) is 7.05. The van der Waals surface area contributed by atoms with Crippen LogP contribution in [0.4, 0.5) is 0 Å². The van der Waals surface area contributed by atoms with Crippen LogP contribution in [-0.4, -0.2) is 30.0 Å². The number of nitrogens with zero attached hydrogens (tertiary/aromatic N) is 1. The number of carbonyl (C=O) groups is 1. The molecule has 1 fully saturated rings. The predicted octanol–water partition coefficient (Wildman–Crippen LogP) is 2.15. The van der Waals surface area contributed by atoms with Crippen LogP contribution in [-0.2, 0) is 14.8 Å². The van der Waals surface area contributed by atoms with Crippen molar-refractivity contribution in [2.24, 2.45) is 5.92 Å². The Morgan fingerprint density at radius 2 is 2.14 bits per heavy atom. The Hall–Kier alpha value is -0.990. The van der Waals surface area contributed by atoms with E-state index in [4.69, 9.17) is 0 Å². The summed E-state index contributed by atoms with van der Waals surface area (Å²) in [5.74, 6) is -0.616. The van der Waals surface area contributed by atoms with Crippen LogP contribution in [0.1, 0.15) is 44.0 Å². The van der Waals surface area contributed by atoms with E-state index in [0.29, 0.717) is 23.8 Å². The number of nitrogens with one attached hydrogen (secondary N) is 1. The van der Waals surface area contributed by atoms with Crippen LogP contribution in [0.5, 0.6) is 0 Å². The van der Waals surface area contributed by atoms with Gasteiger partial charge in [-0.2, -0.15) is 4.72 Å². The fourth-order valence-electron chi connectivity index (χ4n) is 2.71.